The number of carboxylic acid groups (broad SMARTS) is 1. The third kappa shape index (κ3) is 2.92. The molecule has 0 aliphatic rings. The fraction of sp³-hybridized carbons (Fsp3) is 0.133. The molecule has 0 aliphatic carbocycles. The van der Waals surface area contributed by atoms with Gasteiger partial charge in [-0.25, -0.2) is 17.9 Å². The van der Waals surface area contributed by atoms with E-state index in [9.17, 15) is 22.7 Å². The predicted octanol–water partition coefficient (Wildman–Crippen LogP) is 1.55. The van der Waals surface area contributed by atoms with Crippen molar-refractivity contribution in [2.75, 3.05) is 4.72 Å². The Morgan fingerprint density at radius 2 is 1.92 bits per heavy atom. The molecule has 3 rings (SSSR count). The first-order valence-electron chi connectivity index (χ1n) is 7.31. The van der Waals surface area contributed by atoms with Gasteiger partial charge in [-0.1, -0.05) is 18.2 Å². The van der Waals surface area contributed by atoms with Gasteiger partial charge in [-0.05, 0) is 19.1 Å². The number of halogens is 1. The summed E-state index contributed by atoms with van der Waals surface area (Å²) in [6, 6.07) is 8.16. The number of hydrogen-bond acceptors (Lipinski definition) is 5. The summed E-state index contributed by atoms with van der Waals surface area (Å²) in [6.45, 7) is 1.49. The van der Waals surface area contributed by atoms with E-state index in [-0.39, 0.29) is 11.4 Å². The van der Waals surface area contributed by atoms with Crippen LogP contribution in [0.1, 0.15) is 16.2 Å². The van der Waals surface area contributed by atoms with Crippen LogP contribution in [-0.4, -0.2) is 39.1 Å². The van der Waals surface area contributed by atoms with Crippen molar-refractivity contribution in [2.45, 2.75) is 11.8 Å². The minimum Gasteiger partial charge on any atom is -0.476 e. The zero-order valence-corrected chi connectivity index (χ0v) is 14.5. The Morgan fingerprint density at radius 1 is 1.27 bits per heavy atom. The van der Waals surface area contributed by atoms with Gasteiger partial charge in [0.1, 0.15) is 5.69 Å². The standard InChI is InChI=1S/C15H14FN5O4S/c1-9-12(13(15(22)23)18-20(9)2)19-26(24,25)11-8-17-21(14(11)16)10-6-4-3-5-7-10/h3-8,19H,1-2H3,(H,22,23). The Kier molecular flexibility index (Phi) is 4.24. The number of aromatic carboxylic acids is 1. The molecule has 0 saturated carbocycles. The van der Waals surface area contributed by atoms with Gasteiger partial charge in [0.25, 0.3) is 10.0 Å². The zero-order valence-electron chi connectivity index (χ0n) is 13.7. The molecule has 26 heavy (non-hydrogen) atoms. The van der Waals surface area contributed by atoms with Gasteiger partial charge in [0.05, 0.1) is 17.6 Å². The molecule has 0 bridgehead atoms. The predicted molar refractivity (Wildman–Crippen MR) is 89.2 cm³/mol. The van der Waals surface area contributed by atoms with Gasteiger partial charge in [-0.2, -0.15) is 14.6 Å². The number of anilines is 1. The summed E-state index contributed by atoms with van der Waals surface area (Å²) in [6.07, 6.45) is 0.858. The maximum Gasteiger partial charge on any atom is 0.358 e. The third-order valence-corrected chi connectivity index (χ3v) is 5.07. The lowest BCUT2D eigenvalue weighted by Gasteiger charge is -2.07. The lowest BCUT2D eigenvalue weighted by Crippen LogP contribution is -2.17. The molecule has 3 aromatic rings. The Morgan fingerprint density at radius 3 is 2.54 bits per heavy atom. The molecule has 136 valence electrons. The maximum atomic E-state index is 14.6. The van der Waals surface area contributed by atoms with Crippen molar-refractivity contribution < 1.29 is 22.7 Å². The van der Waals surface area contributed by atoms with E-state index in [1.807, 2.05) is 0 Å². The second kappa shape index (κ2) is 6.26. The van der Waals surface area contributed by atoms with E-state index in [2.05, 4.69) is 14.9 Å². The fourth-order valence-corrected chi connectivity index (χ4v) is 3.43. The molecule has 11 heteroatoms. The van der Waals surface area contributed by atoms with E-state index in [4.69, 9.17) is 0 Å². The van der Waals surface area contributed by atoms with E-state index in [1.165, 1.54) is 18.7 Å². The summed E-state index contributed by atoms with van der Waals surface area (Å²) in [4.78, 5) is 10.6. The van der Waals surface area contributed by atoms with Crippen LogP contribution in [-0.2, 0) is 17.1 Å². The number of carbonyl (C=O) groups is 1. The molecule has 0 fully saturated rings. The van der Waals surface area contributed by atoms with Crippen LogP contribution in [0.2, 0.25) is 0 Å². The Hall–Kier alpha value is -3.21. The zero-order chi connectivity index (χ0) is 19.1. The maximum absolute atomic E-state index is 14.6. The quantitative estimate of drug-likeness (QED) is 0.694. The average molecular weight is 379 g/mol. The minimum absolute atomic E-state index is 0.230. The van der Waals surface area contributed by atoms with E-state index in [0.717, 1.165) is 10.9 Å². The number of aryl methyl sites for hydroxylation is 1. The van der Waals surface area contributed by atoms with Gasteiger partial charge >= 0.3 is 5.97 Å². The van der Waals surface area contributed by atoms with Gasteiger partial charge in [0.15, 0.2) is 10.6 Å². The van der Waals surface area contributed by atoms with Crippen molar-refractivity contribution in [3.63, 3.8) is 0 Å². The molecular weight excluding hydrogens is 365 g/mol. The van der Waals surface area contributed by atoms with Crippen molar-refractivity contribution in [3.05, 3.63) is 53.9 Å². The van der Waals surface area contributed by atoms with Crippen LogP contribution in [0.5, 0.6) is 0 Å². The first-order chi connectivity index (χ1) is 12.2. The smallest absolute Gasteiger partial charge is 0.358 e. The van der Waals surface area contributed by atoms with Crippen molar-refractivity contribution in [3.8, 4) is 5.69 Å². The highest BCUT2D eigenvalue weighted by atomic mass is 32.2. The summed E-state index contributed by atoms with van der Waals surface area (Å²) in [5, 5.41) is 16.7. The van der Waals surface area contributed by atoms with E-state index in [1.54, 1.807) is 30.3 Å². The molecule has 0 spiro atoms. The van der Waals surface area contributed by atoms with Crippen LogP contribution in [0.25, 0.3) is 5.69 Å². The Labute approximate surface area is 147 Å². The Bertz CT molecular complexity index is 1090. The Balaban J connectivity index is 2.04. The van der Waals surface area contributed by atoms with Crippen LogP contribution < -0.4 is 4.72 Å². The third-order valence-electron chi connectivity index (χ3n) is 3.74. The van der Waals surface area contributed by atoms with E-state index in [0.29, 0.717) is 5.69 Å². The number of sulfonamides is 1. The highest BCUT2D eigenvalue weighted by Crippen LogP contribution is 2.25. The molecule has 2 N–H and O–H groups in total. The second-order valence-corrected chi connectivity index (χ2v) is 7.04. The molecule has 1 aromatic carbocycles. The van der Waals surface area contributed by atoms with Gasteiger partial charge in [-0.3, -0.25) is 9.40 Å². The first-order valence-corrected chi connectivity index (χ1v) is 8.79. The van der Waals surface area contributed by atoms with Gasteiger partial charge in [-0.15, -0.1) is 0 Å². The summed E-state index contributed by atoms with van der Waals surface area (Å²) in [5.74, 6) is -2.51. The fourth-order valence-electron chi connectivity index (χ4n) is 2.32. The number of nitrogens with one attached hydrogen (secondary N) is 1. The topological polar surface area (TPSA) is 119 Å². The lowest BCUT2D eigenvalue weighted by atomic mass is 10.3. The summed E-state index contributed by atoms with van der Waals surface area (Å²) in [5.41, 5.74) is -0.103. The molecule has 0 atom stereocenters. The first kappa shape index (κ1) is 17.6. The van der Waals surface area contributed by atoms with Crippen LogP contribution in [0.15, 0.2) is 41.4 Å². The van der Waals surface area contributed by atoms with Crippen molar-refractivity contribution in [2.24, 2.45) is 7.05 Å². The van der Waals surface area contributed by atoms with Crippen LogP contribution in [0, 0.1) is 12.9 Å². The normalized spacial score (nSPS) is 11.5. The van der Waals surface area contributed by atoms with Gasteiger partial charge in [0.2, 0.25) is 5.95 Å². The van der Waals surface area contributed by atoms with Crippen LogP contribution in [0.4, 0.5) is 10.1 Å². The molecule has 0 amide bonds. The highest BCUT2D eigenvalue weighted by Gasteiger charge is 2.29. The molecule has 9 nitrogen and oxygen atoms in total. The summed E-state index contributed by atoms with van der Waals surface area (Å²) in [7, 11) is -2.96. The number of benzene rings is 1. The van der Waals surface area contributed by atoms with Crippen molar-refractivity contribution in [1.29, 1.82) is 0 Å². The van der Waals surface area contributed by atoms with Crippen molar-refractivity contribution in [1.82, 2.24) is 19.6 Å². The lowest BCUT2D eigenvalue weighted by molar-refractivity contribution is 0.0690. The van der Waals surface area contributed by atoms with Gasteiger partial charge in [0, 0.05) is 7.05 Å². The molecule has 0 saturated heterocycles. The molecule has 0 radical (unpaired) electrons. The molecule has 2 heterocycles. The van der Waals surface area contributed by atoms with Crippen LogP contribution >= 0.6 is 0 Å². The highest BCUT2D eigenvalue weighted by molar-refractivity contribution is 7.92. The van der Waals surface area contributed by atoms with Crippen LogP contribution in [0.3, 0.4) is 0 Å². The molecular formula is C15H14FN5O4S. The number of nitrogens with zero attached hydrogens (tertiary/aromatic N) is 4. The molecule has 0 aliphatic heterocycles. The van der Waals surface area contributed by atoms with Gasteiger partial charge < -0.3 is 5.11 Å². The number of aromatic nitrogens is 4. The number of para-hydroxylation sites is 1. The number of carboxylic acids is 1. The van der Waals surface area contributed by atoms with Crippen molar-refractivity contribution >= 4 is 21.7 Å². The monoisotopic (exact) mass is 379 g/mol. The number of rotatable bonds is 5. The minimum atomic E-state index is -4.42. The average Bonchev–Trinajstić information content (AvgIpc) is 3.11. The molecule has 0 unspecified atom stereocenters. The SMILES string of the molecule is Cc1c(NS(=O)(=O)c2cnn(-c3ccccc3)c2F)c(C(=O)O)nn1C. The summed E-state index contributed by atoms with van der Waals surface area (Å²) >= 11 is 0. The van der Waals surface area contributed by atoms with E-state index < -0.39 is 32.5 Å². The second-order valence-electron chi connectivity index (χ2n) is 5.39. The van der Waals surface area contributed by atoms with E-state index >= 15 is 0 Å². The molecule has 2 aromatic heterocycles. The largest absolute Gasteiger partial charge is 0.476 e. The number of hydrogen-bond donors (Lipinski definition) is 2. The summed E-state index contributed by atoms with van der Waals surface area (Å²) < 4.78 is 43.9.